The van der Waals surface area contributed by atoms with Gasteiger partial charge in [-0.1, -0.05) is 11.6 Å². The molecule has 1 heterocycles. The van der Waals surface area contributed by atoms with Gasteiger partial charge in [-0.05, 0) is 29.3 Å². The Morgan fingerprint density at radius 3 is 2.05 bits per heavy atom. The van der Waals surface area contributed by atoms with Crippen molar-refractivity contribution in [3.63, 3.8) is 0 Å². The molecule has 0 unspecified atom stereocenters. The topological polar surface area (TPSA) is 69.2 Å². The molecule has 0 fully saturated rings. The Kier molecular flexibility index (Phi) is 4.69. The number of halogens is 3. The molecular formula is C11H9Cl3N4O2. The van der Waals surface area contributed by atoms with Gasteiger partial charge in [0.15, 0.2) is 0 Å². The molecule has 0 amide bonds. The van der Waals surface area contributed by atoms with Crippen LogP contribution in [-0.4, -0.2) is 29.2 Å². The third kappa shape index (κ3) is 3.33. The summed E-state index contributed by atoms with van der Waals surface area (Å²) >= 11 is 17.5. The summed E-state index contributed by atoms with van der Waals surface area (Å²) in [5, 5.41) is 3.26. The molecule has 0 radical (unpaired) electrons. The fourth-order valence-electron chi connectivity index (χ4n) is 1.46. The van der Waals surface area contributed by atoms with E-state index in [1.165, 1.54) is 14.2 Å². The maximum Gasteiger partial charge on any atom is 0.232 e. The van der Waals surface area contributed by atoms with E-state index < -0.39 is 0 Å². The Hall–Kier alpha value is -1.50. The van der Waals surface area contributed by atoms with Crippen LogP contribution < -0.4 is 14.8 Å². The first-order valence-electron chi connectivity index (χ1n) is 5.29. The molecule has 2 rings (SSSR count). The van der Waals surface area contributed by atoms with Gasteiger partial charge >= 0.3 is 0 Å². The number of methoxy groups -OCH3 is 2. The monoisotopic (exact) mass is 334 g/mol. The van der Waals surface area contributed by atoms with Crippen LogP contribution in [0.4, 0.5) is 11.6 Å². The Bertz CT molecular complexity index is 619. The van der Waals surface area contributed by atoms with Gasteiger partial charge in [-0.15, -0.1) is 0 Å². The van der Waals surface area contributed by atoms with E-state index in [1.807, 2.05) is 0 Å². The van der Waals surface area contributed by atoms with E-state index in [0.29, 0.717) is 22.2 Å². The SMILES string of the molecule is COc1cc(OC)c(Nc2nc(Cl)nc(Cl)n2)cc1Cl. The highest BCUT2D eigenvalue weighted by atomic mass is 35.5. The van der Waals surface area contributed by atoms with Gasteiger partial charge in [0.2, 0.25) is 16.5 Å². The van der Waals surface area contributed by atoms with E-state index in [2.05, 4.69) is 20.3 Å². The van der Waals surface area contributed by atoms with Crippen LogP contribution in [0.5, 0.6) is 11.5 Å². The number of ether oxygens (including phenoxy) is 2. The van der Waals surface area contributed by atoms with Gasteiger partial charge in [0, 0.05) is 6.07 Å². The number of anilines is 2. The van der Waals surface area contributed by atoms with E-state index in [0.717, 1.165) is 0 Å². The predicted octanol–water partition coefficient (Wildman–Crippen LogP) is 3.59. The minimum atomic E-state index is -0.0222. The van der Waals surface area contributed by atoms with Crippen molar-refractivity contribution in [3.8, 4) is 11.5 Å². The number of hydrogen-bond donors (Lipinski definition) is 1. The zero-order valence-corrected chi connectivity index (χ0v) is 12.7. The minimum Gasteiger partial charge on any atom is -0.495 e. The number of nitrogens with one attached hydrogen (secondary N) is 1. The van der Waals surface area contributed by atoms with E-state index in [4.69, 9.17) is 44.3 Å². The van der Waals surface area contributed by atoms with Crippen LogP contribution in [0.1, 0.15) is 0 Å². The second-order valence-corrected chi connectivity index (χ2v) is 4.59. The van der Waals surface area contributed by atoms with Crippen LogP contribution in [0.2, 0.25) is 15.6 Å². The standard InChI is InChI=1S/C11H9Cl3N4O2/c1-19-7-4-8(20-2)6(3-5(7)12)15-11-17-9(13)16-10(14)18-11/h3-4H,1-2H3,(H,15,16,17,18). The van der Waals surface area contributed by atoms with Gasteiger partial charge in [0.05, 0.1) is 24.9 Å². The van der Waals surface area contributed by atoms with Gasteiger partial charge in [0.25, 0.3) is 0 Å². The number of nitrogens with zero attached hydrogens (tertiary/aromatic N) is 3. The van der Waals surface area contributed by atoms with Crippen molar-refractivity contribution in [2.75, 3.05) is 19.5 Å². The van der Waals surface area contributed by atoms with Crippen LogP contribution in [-0.2, 0) is 0 Å². The molecule has 0 atom stereocenters. The highest BCUT2D eigenvalue weighted by molar-refractivity contribution is 6.32. The summed E-state index contributed by atoms with van der Waals surface area (Å²) in [4.78, 5) is 11.4. The summed E-state index contributed by atoms with van der Waals surface area (Å²) in [5.74, 6) is 1.16. The fraction of sp³-hybridized carbons (Fsp3) is 0.182. The summed E-state index contributed by atoms with van der Waals surface area (Å²) in [6.07, 6.45) is 0. The molecule has 0 aliphatic carbocycles. The largest absolute Gasteiger partial charge is 0.495 e. The van der Waals surface area contributed by atoms with E-state index in [9.17, 15) is 0 Å². The Morgan fingerprint density at radius 2 is 1.50 bits per heavy atom. The highest BCUT2D eigenvalue weighted by Gasteiger charge is 2.12. The van der Waals surface area contributed by atoms with Crippen LogP contribution in [0.3, 0.4) is 0 Å². The Balaban J connectivity index is 2.39. The molecule has 1 N–H and O–H groups in total. The number of aromatic nitrogens is 3. The second-order valence-electron chi connectivity index (χ2n) is 3.51. The van der Waals surface area contributed by atoms with E-state index in [-0.39, 0.29) is 16.5 Å². The van der Waals surface area contributed by atoms with Gasteiger partial charge in [0.1, 0.15) is 11.5 Å². The molecule has 2 aromatic rings. The Labute approximate surface area is 130 Å². The molecule has 1 aromatic carbocycles. The molecule has 0 saturated heterocycles. The second kappa shape index (κ2) is 6.30. The van der Waals surface area contributed by atoms with Crippen molar-refractivity contribution in [2.45, 2.75) is 0 Å². The van der Waals surface area contributed by atoms with Crippen molar-refractivity contribution in [2.24, 2.45) is 0 Å². The van der Waals surface area contributed by atoms with Crippen molar-refractivity contribution >= 4 is 46.4 Å². The van der Waals surface area contributed by atoms with Crippen LogP contribution in [0.25, 0.3) is 0 Å². The summed E-state index contributed by atoms with van der Waals surface area (Å²) in [6, 6.07) is 3.25. The average Bonchev–Trinajstić information content (AvgIpc) is 2.38. The van der Waals surface area contributed by atoms with Gasteiger partial charge in [-0.3, -0.25) is 0 Å². The predicted molar refractivity (Wildman–Crippen MR) is 77.7 cm³/mol. The molecular weight excluding hydrogens is 327 g/mol. The Morgan fingerprint density at radius 1 is 0.900 bits per heavy atom. The lowest BCUT2D eigenvalue weighted by molar-refractivity contribution is 0.396. The molecule has 6 nitrogen and oxygen atoms in total. The summed E-state index contributed by atoms with van der Waals surface area (Å²) in [5.41, 5.74) is 0.539. The maximum atomic E-state index is 6.06. The normalized spacial score (nSPS) is 10.2. The lowest BCUT2D eigenvalue weighted by atomic mass is 10.2. The highest BCUT2D eigenvalue weighted by Crippen LogP contribution is 2.36. The molecule has 0 saturated carbocycles. The van der Waals surface area contributed by atoms with Gasteiger partial charge < -0.3 is 14.8 Å². The van der Waals surface area contributed by atoms with Crippen molar-refractivity contribution in [1.29, 1.82) is 0 Å². The quantitative estimate of drug-likeness (QED) is 0.921. The van der Waals surface area contributed by atoms with Gasteiger partial charge in [-0.2, -0.15) is 15.0 Å². The fourth-order valence-corrected chi connectivity index (χ4v) is 2.06. The first-order valence-corrected chi connectivity index (χ1v) is 6.42. The van der Waals surface area contributed by atoms with Crippen molar-refractivity contribution in [1.82, 2.24) is 15.0 Å². The molecule has 0 spiro atoms. The number of benzene rings is 1. The number of rotatable bonds is 4. The number of hydrogen-bond acceptors (Lipinski definition) is 6. The molecule has 0 aliphatic heterocycles. The molecule has 1 aromatic heterocycles. The molecule has 0 aliphatic rings. The molecule has 20 heavy (non-hydrogen) atoms. The van der Waals surface area contributed by atoms with Gasteiger partial charge in [-0.25, -0.2) is 0 Å². The van der Waals surface area contributed by atoms with Crippen molar-refractivity contribution in [3.05, 3.63) is 27.7 Å². The summed E-state index contributed by atoms with van der Waals surface area (Å²) < 4.78 is 10.3. The van der Waals surface area contributed by atoms with Crippen LogP contribution in [0.15, 0.2) is 12.1 Å². The first kappa shape index (κ1) is 14.9. The average molecular weight is 336 g/mol. The molecule has 0 bridgehead atoms. The third-order valence-corrected chi connectivity index (χ3v) is 2.93. The lowest BCUT2D eigenvalue weighted by Gasteiger charge is -2.12. The van der Waals surface area contributed by atoms with E-state index in [1.54, 1.807) is 12.1 Å². The lowest BCUT2D eigenvalue weighted by Crippen LogP contribution is -2.01. The van der Waals surface area contributed by atoms with Crippen LogP contribution in [0, 0.1) is 0 Å². The zero-order valence-electron chi connectivity index (χ0n) is 10.4. The van der Waals surface area contributed by atoms with Crippen molar-refractivity contribution < 1.29 is 9.47 Å². The summed E-state index contributed by atoms with van der Waals surface area (Å²) in [7, 11) is 3.03. The maximum absolute atomic E-state index is 6.06. The van der Waals surface area contributed by atoms with Crippen LogP contribution >= 0.6 is 34.8 Å². The minimum absolute atomic E-state index is 0.0222. The first-order chi connectivity index (χ1) is 9.53. The summed E-state index contributed by atoms with van der Waals surface area (Å²) in [6.45, 7) is 0. The molecule has 9 heteroatoms. The third-order valence-electron chi connectivity index (χ3n) is 2.30. The zero-order chi connectivity index (χ0) is 14.7. The smallest absolute Gasteiger partial charge is 0.232 e. The molecule has 106 valence electrons. The van der Waals surface area contributed by atoms with E-state index >= 15 is 0 Å².